The number of halogens is 1. The zero-order valence-electron chi connectivity index (χ0n) is 19.3. The van der Waals surface area contributed by atoms with Crippen LogP contribution in [-0.4, -0.2) is 27.3 Å². The van der Waals surface area contributed by atoms with E-state index >= 15 is 0 Å². The van der Waals surface area contributed by atoms with Gasteiger partial charge in [0.1, 0.15) is 5.82 Å². The molecule has 7 heteroatoms. The van der Waals surface area contributed by atoms with E-state index in [9.17, 15) is 9.18 Å². The van der Waals surface area contributed by atoms with Crippen molar-refractivity contribution in [1.29, 1.82) is 0 Å². The molecule has 1 amide bonds. The molecule has 0 aliphatic heterocycles. The Balaban J connectivity index is 1.51. The summed E-state index contributed by atoms with van der Waals surface area (Å²) < 4.78 is 21.8. The highest BCUT2D eigenvalue weighted by atomic mass is 19.1. The summed E-state index contributed by atoms with van der Waals surface area (Å²) in [6.45, 7) is 4.54. The van der Waals surface area contributed by atoms with Crippen molar-refractivity contribution in [3.63, 3.8) is 0 Å². The van der Waals surface area contributed by atoms with Crippen LogP contribution in [0.5, 0.6) is 6.01 Å². The molecule has 0 saturated heterocycles. The lowest BCUT2D eigenvalue weighted by Gasteiger charge is -2.10. The molecular weight excluding hydrogens is 419 g/mol. The van der Waals surface area contributed by atoms with Gasteiger partial charge in [0, 0.05) is 12.1 Å². The van der Waals surface area contributed by atoms with Crippen molar-refractivity contribution in [3.8, 4) is 23.1 Å². The molecule has 4 rings (SSSR count). The molecule has 1 saturated carbocycles. The molecule has 174 valence electrons. The van der Waals surface area contributed by atoms with Crippen molar-refractivity contribution in [2.24, 2.45) is 11.8 Å². The maximum Gasteiger partial charge on any atom is 0.336 e. The minimum atomic E-state index is -0.382. The molecule has 0 radical (unpaired) electrons. The number of rotatable bonds is 9. The first-order valence-corrected chi connectivity index (χ1v) is 11.7. The molecule has 0 spiro atoms. The van der Waals surface area contributed by atoms with Crippen LogP contribution in [0.4, 0.5) is 10.1 Å². The number of hydrogen-bond donors (Lipinski definition) is 1. The molecule has 1 aliphatic carbocycles. The number of nitrogens with zero attached hydrogens (tertiary/aromatic N) is 3. The van der Waals surface area contributed by atoms with Crippen molar-refractivity contribution in [3.05, 3.63) is 54.3 Å². The number of aromatic nitrogens is 3. The Morgan fingerprint density at radius 2 is 1.88 bits per heavy atom. The number of amides is 1. The van der Waals surface area contributed by atoms with Crippen LogP contribution in [0, 0.1) is 17.7 Å². The van der Waals surface area contributed by atoms with Crippen molar-refractivity contribution in [2.45, 2.75) is 52.4 Å². The molecule has 1 fully saturated rings. The summed E-state index contributed by atoms with van der Waals surface area (Å²) in [6.07, 6.45) is 6.56. The monoisotopic (exact) mass is 450 g/mol. The van der Waals surface area contributed by atoms with E-state index in [1.54, 1.807) is 22.9 Å². The van der Waals surface area contributed by atoms with Crippen LogP contribution >= 0.6 is 0 Å². The standard InChI is InChI=1S/C26H31FN4O2/c1-18(2)17-33-26-29-25(22-9-5-6-10-23(22)27)31(30-26)21-14-12-20(13-15-21)28-24(32)16-11-19-7-3-4-8-19/h5-6,9-10,12-15,18-19H,3-4,7-8,11,16-17H2,1-2H3,(H,28,32). The van der Waals surface area contributed by atoms with Gasteiger partial charge in [-0.05, 0) is 54.7 Å². The third kappa shape index (κ3) is 5.97. The normalized spacial score (nSPS) is 14.1. The Morgan fingerprint density at radius 3 is 2.58 bits per heavy atom. The topological polar surface area (TPSA) is 69.0 Å². The minimum absolute atomic E-state index is 0.0341. The van der Waals surface area contributed by atoms with Gasteiger partial charge in [0.05, 0.1) is 17.9 Å². The van der Waals surface area contributed by atoms with Gasteiger partial charge >= 0.3 is 6.01 Å². The van der Waals surface area contributed by atoms with Crippen LogP contribution in [0.25, 0.3) is 17.1 Å². The van der Waals surface area contributed by atoms with E-state index < -0.39 is 0 Å². The predicted molar refractivity (Wildman–Crippen MR) is 127 cm³/mol. The van der Waals surface area contributed by atoms with E-state index in [1.807, 2.05) is 38.1 Å². The third-order valence-electron chi connectivity index (χ3n) is 5.90. The quantitative estimate of drug-likeness (QED) is 0.433. The SMILES string of the molecule is CC(C)COc1nc(-c2ccccc2F)n(-c2ccc(NC(=O)CCC3CCCC3)cc2)n1. The Hall–Kier alpha value is -3.22. The molecule has 33 heavy (non-hydrogen) atoms. The fourth-order valence-corrected chi connectivity index (χ4v) is 4.14. The fraction of sp³-hybridized carbons (Fsp3) is 0.423. The maximum atomic E-state index is 14.5. The van der Waals surface area contributed by atoms with E-state index in [4.69, 9.17) is 4.74 Å². The van der Waals surface area contributed by atoms with Crippen molar-refractivity contribution in [2.75, 3.05) is 11.9 Å². The molecule has 0 bridgehead atoms. The summed E-state index contributed by atoms with van der Waals surface area (Å²) in [5.41, 5.74) is 1.76. The predicted octanol–water partition coefficient (Wildman–Crippen LogP) is 6.02. The third-order valence-corrected chi connectivity index (χ3v) is 5.90. The molecule has 0 atom stereocenters. The first kappa shape index (κ1) is 23.0. The lowest BCUT2D eigenvalue weighted by Crippen LogP contribution is -2.12. The van der Waals surface area contributed by atoms with Gasteiger partial charge < -0.3 is 10.1 Å². The Morgan fingerprint density at radius 1 is 1.15 bits per heavy atom. The molecule has 1 aliphatic rings. The highest BCUT2D eigenvalue weighted by molar-refractivity contribution is 5.90. The van der Waals surface area contributed by atoms with Crippen molar-refractivity contribution in [1.82, 2.24) is 14.8 Å². The van der Waals surface area contributed by atoms with Crippen LogP contribution in [-0.2, 0) is 4.79 Å². The Kier molecular flexibility index (Phi) is 7.37. The minimum Gasteiger partial charge on any atom is -0.462 e. The van der Waals surface area contributed by atoms with Gasteiger partial charge in [-0.25, -0.2) is 9.07 Å². The number of hydrogen-bond acceptors (Lipinski definition) is 4. The number of benzene rings is 2. The van der Waals surface area contributed by atoms with E-state index in [0.29, 0.717) is 41.9 Å². The Bertz CT molecular complexity index is 1070. The van der Waals surface area contributed by atoms with Crippen LogP contribution in [0.2, 0.25) is 0 Å². The largest absolute Gasteiger partial charge is 0.462 e. The lowest BCUT2D eigenvalue weighted by molar-refractivity contribution is -0.116. The zero-order valence-corrected chi connectivity index (χ0v) is 19.3. The van der Waals surface area contributed by atoms with Gasteiger partial charge in [-0.2, -0.15) is 4.98 Å². The van der Waals surface area contributed by atoms with E-state index in [-0.39, 0.29) is 17.7 Å². The average molecular weight is 451 g/mol. The molecule has 1 heterocycles. The Labute approximate surface area is 194 Å². The summed E-state index contributed by atoms with van der Waals surface area (Å²) in [5.74, 6) is 1.01. The summed E-state index contributed by atoms with van der Waals surface area (Å²) in [7, 11) is 0. The molecule has 1 aromatic heterocycles. The summed E-state index contributed by atoms with van der Waals surface area (Å²) >= 11 is 0. The van der Waals surface area contributed by atoms with Gasteiger partial charge in [0.25, 0.3) is 0 Å². The smallest absolute Gasteiger partial charge is 0.336 e. The maximum absolute atomic E-state index is 14.5. The summed E-state index contributed by atoms with van der Waals surface area (Å²) in [6, 6.07) is 14.0. The molecule has 6 nitrogen and oxygen atoms in total. The molecule has 1 N–H and O–H groups in total. The molecule has 3 aromatic rings. The van der Waals surface area contributed by atoms with Crippen LogP contribution in [0.3, 0.4) is 0 Å². The molecule has 2 aromatic carbocycles. The van der Waals surface area contributed by atoms with Gasteiger partial charge in [-0.15, -0.1) is 5.10 Å². The number of nitrogens with one attached hydrogen (secondary N) is 1. The number of ether oxygens (including phenoxy) is 1. The van der Waals surface area contributed by atoms with Gasteiger partial charge in [-0.3, -0.25) is 4.79 Å². The van der Waals surface area contributed by atoms with E-state index in [1.165, 1.54) is 31.7 Å². The van der Waals surface area contributed by atoms with E-state index in [0.717, 1.165) is 12.1 Å². The van der Waals surface area contributed by atoms with Crippen LogP contribution in [0.15, 0.2) is 48.5 Å². The highest BCUT2D eigenvalue weighted by Gasteiger charge is 2.19. The highest BCUT2D eigenvalue weighted by Crippen LogP contribution is 2.29. The lowest BCUT2D eigenvalue weighted by atomic mass is 10.0. The second-order valence-electron chi connectivity index (χ2n) is 9.10. The fourth-order valence-electron chi connectivity index (χ4n) is 4.14. The molecule has 0 unspecified atom stereocenters. The van der Waals surface area contributed by atoms with Gasteiger partial charge in [-0.1, -0.05) is 51.7 Å². The van der Waals surface area contributed by atoms with Gasteiger partial charge in [0.2, 0.25) is 5.91 Å². The van der Waals surface area contributed by atoms with E-state index in [2.05, 4.69) is 15.4 Å². The first-order valence-electron chi connectivity index (χ1n) is 11.7. The van der Waals surface area contributed by atoms with Crippen LogP contribution in [0.1, 0.15) is 52.4 Å². The summed E-state index contributed by atoms with van der Waals surface area (Å²) in [4.78, 5) is 16.8. The number of carbonyl (C=O) groups excluding carboxylic acids is 1. The van der Waals surface area contributed by atoms with Crippen molar-refractivity contribution >= 4 is 11.6 Å². The first-order chi connectivity index (χ1) is 16.0. The zero-order chi connectivity index (χ0) is 23.2. The average Bonchev–Trinajstić information content (AvgIpc) is 3.47. The van der Waals surface area contributed by atoms with Crippen molar-refractivity contribution < 1.29 is 13.9 Å². The summed E-state index contributed by atoms with van der Waals surface area (Å²) in [5, 5.41) is 7.43. The number of carbonyl (C=O) groups is 1. The van der Waals surface area contributed by atoms with Gasteiger partial charge in [0.15, 0.2) is 5.82 Å². The second-order valence-corrected chi connectivity index (χ2v) is 9.10. The second kappa shape index (κ2) is 10.6. The number of anilines is 1. The van der Waals surface area contributed by atoms with Crippen LogP contribution < -0.4 is 10.1 Å². The molecular formula is C26H31FN4O2.